The minimum Gasteiger partial charge on any atom is -0.504 e. The molecule has 0 aliphatic heterocycles. The van der Waals surface area contributed by atoms with E-state index in [1.54, 1.807) is 12.3 Å². The molecule has 0 atom stereocenters. The lowest BCUT2D eigenvalue weighted by atomic mass is 10.1. The molecule has 1 N–H and O–H groups in total. The van der Waals surface area contributed by atoms with E-state index in [9.17, 15) is 18.3 Å². The van der Waals surface area contributed by atoms with Crippen LogP contribution in [0.4, 0.5) is 13.2 Å². The fourth-order valence-electron chi connectivity index (χ4n) is 1.93. The molecule has 3 aromatic rings. The summed E-state index contributed by atoms with van der Waals surface area (Å²) in [6.07, 6.45) is -2.84. The number of nitrogens with zero attached hydrogens (tertiary/aromatic N) is 3. The van der Waals surface area contributed by atoms with Gasteiger partial charge in [-0.25, -0.2) is 0 Å². The van der Waals surface area contributed by atoms with Crippen LogP contribution in [0.25, 0.3) is 17.0 Å². The average Bonchev–Trinajstić information content (AvgIpc) is 2.83. The first-order valence-electron chi connectivity index (χ1n) is 5.67. The average molecular weight is 279 g/mol. The van der Waals surface area contributed by atoms with Crippen LogP contribution < -0.4 is 0 Å². The van der Waals surface area contributed by atoms with E-state index in [-0.39, 0.29) is 22.8 Å². The number of fused-ring (bicyclic) bond motifs is 1. The normalized spacial score (nSPS) is 11.9. The Morgan fingerprint density at radius 2 is 1.85 bits per heavy atom. The molecule has 0 bridgehead atoms. The molecule has 0 radical (unpaired) electrons. The molecule has 0 aliphatic rings. The lowest BCUT2D eigenvalue weighted by molar-refractivity contribution is -0.137. The molecule has 0 saturated heterocycles. The largest absolute Gasteiger partial charge is 0.504 e. The van der Waals surface area contributed by atoms with E-state index >= 15 is 0 Å². The van der Waals surface area contributed by atoms with Gasteiger partial charge in [0.25, 0.3) is 0 Å². The van der Waals surface area contributed by atoms with Crippen LogP contribution in [0.2, 0.25) is 0 Å². The quantitative estimate of drug-likeness (QED) is 0.744. The highest BCUT2D eigenvalue weighted by Gasteiger charge is 2.30. The van der Waals surface area contributed by atoms with Gasteiger partial charge in [-0.05, 0) is 24.3 Å². The summed E-state index contributed by atoms with van der Waals surface area (Å²) < 4.78 is 39.5. The minimum atomic E-state index is -4.42. The van der Waals surface area contributed by atoms with Crippen LogP contribution in [0.15, 0.2) is 42.6 Å². The summed E-state index contributed by atoms with van der Waals surface area (Å²) in [5.41, 5.74) is -0.287. The number of aromatic hydroxyl groups is 1. The summed E-state index contributed by atoms with van der Waals surface area (Å²) in [5, 5.41) is 17.2. The Balaban J connectivity index is 2.19. The van der Waals surface area contributed by atoms with Crippen molar-refractivity contribution in [2.75, 3.05) is 0 Å². The first-order chi connectivity index (χ1) is 9.47. The third kappa shape index (κ3) is 1.97. The lowest BCUT2D eigenvalue weighted by Gasteiger charge is -2.07. The lowest BCUT2D eigenvalue weighted by Crippen LogP contribution is -2.04. The predicted molar refractivity (Wildman–Crippen MR) is 65.1 cm³/mol. The van der Waals surface area contributed by atoms with Gasteiger partial charge in [0.15, 0.2) is 11.6 Å². The fourth-order valence-corrected chi connectivity index (χ4v) is 1.93. The van der Waals surface area contributed by atoms with E-state index in [0.29, 0.717) is 0 Å². The van der Waals surface area contributed by atoms with Crippen molar-refractivity contribution < 1.29 is 18.3 Å². The molecule has 20 heavy (non-hydrogen) atoms. The predicted octanol–water partition coefficient (Wildman–Crippen LogP) is 3.12. The third-order valence-corrected chi connectivity index (χ3v) is 2.86. The van der Waals surface area contributed by atoms with E-state index in [1.165, 1.54) is 22.6 Å². The molecule has 0 saturated carbocycles. The molecule has 7 heteroatoms. The van der Waals surface area contributed by atoms with Gasteiger partial charge in [-0.1, -0.05) is 12.1 Å². The number of hydrogen-bond donors (Lipinski definition) is 1. The Morgan fingerprint density at radius 3 is 2.60 bits per heavy atom. The van der Waals surface area contributed by atoms with Crippen LogP contribution in [0.1, 0.15) is 5.56 Å². The summed E-state index contributed by atoms with van der Waals surface area (Å²) in [6, 6.07) is 7.80. The van der Waals surface area contributed by atoms with Gasteiger partial charge in [-0.3, -0.25) is 4.40 Å². The summed E-state index contributed by atoms with van der Waals surface area (Å²) >= 11 is 0. The van der Waals surface area contributed by atoms with Crippen LogP contribution in [0, 0.1) is 0 Å². The Hall–Kier alpha value is -2.57. The van der Waals surface area contributed by atoms with Gasteiger partial charge >= 0.3 is 6.18 Å². The van der Waals surface area contributed by atoms with E-state index in [0.717, 1.165) is 12.1 Å². The smallest absolute Gasteiger partial charge is 0.416 e. The van der Waals surface area contributed by atoms with Crippen LogP contribution >= 0.6 is 0 Å². The molecular weight excluding hydrogens is 271 g/mol. The van der Waals surface area contributed by atoms with Gasteiger partial charge < -0.3 is 5.11 Å². The van der Waals surface area contributed by atoms with E-state index in [1.807, 2.05) is 0 Å². The second-order valence-corrected chi connectivity index (χ2v) is 4.19. The molecule has 4 nitrogen and oxygen atoms in total. The molecule has 2 aromatic heterocycles. The zero-order chi connectivity index (χ0) is 14.3. The van der Waals surface area contributed by atoms with Gasteiger partial charge in [0.1, 0.15) is 0 Å². The molecular formula is C13H8F3N3O. The Bertz CT molecular complexity index is 780. The van der Waals surface area contributed by atoms with Gasteiger partial charge in [-0.2, -0.15) is 13.2 Å². The second kappa shape index (κ2) is 4.22. The Labute approximate surface area is 111 Å². The van der Waals surface area contributed by atoms with Crippen molar-refractivity contribution in [2.45, 2.75) is 6.18 Å². The summed E-state index contributed by atoms with van der Waals surface area (Å²) in [5.74, 6) is 0.153. The van der Waals surface area contributed by atoms with Crippen molar-refractivity contribution in [3.05, 3.63) is 48.2 Å². The first kappa shape index (κ1) is 12.5. The number of halogens is 3. The molecule has 0 fully saturated rings. The molecule has 1 aromatic carbocycles. The zero-order valence-electron chi connectivity index (χ0n) is 9.96. The Morgan fingerprint density at radius 1 is 1.05 bits per heavy atom. The number of pyridine rings is 1. The number of aromatic nitrogens is 3. The monoisotopic (exact) mass is 279 g/mol. The summed E-state index contributed by atoms with van der Waals surface area (Å²) in [6.45, 7) is 0. The van der Waals surface area contributed by atoms with E-state index in [4.69, 9.17) is 0 Å². The Kier molecular flexibility index (Phi) is 2.63. The second-order valence-electron chi connectivity index (χ2n) is 4.19. The van der Waals surface area contributed by atoms with Gasteiger partial charge in [0.2, 0.25) is 5.65 Å². The standard InChI is InChI=1S/C13H8F3N3O/c14-13(15,16)9-4-1-3-8(7-9)11-17-18-12-10(20)5-2-6-19(11)12/h1-7,20H. The summed E-state index contributed by atoms with van der Waals surface area (Å²) in [7, 11) is 0. The topological polar surface area (TPSA) is 50.4 Å². The molecule has 102 valence electrons. The summed E-state index contributed by atoms with van der Waals surface area (Å²) in [4.78, 5) is 0. The molecule has 0 unspecified atom stereocenters. The molecule has 0 amide bonds. The highest BCUT2D eigenvalue weighted by molar-refractivity contribution is 5.63. The third-order valence-electron chi connectivity index (χ3n) is 2.86. The minimum absolute atomic E-state index is 0.0850. The van der Waals surface area contributed by atoms with E-state index in [2.05, 4.69) is 10.2 Å². The highest BCUT2D eigenvalue weighted by atomic mass is 19.4. The first-order valence-corrected chi connectivity index (χ1v) is 5.67. The van der Waals surface area contributed by atoms with Crippen LogP contribution in [-0.2, 0) is 6.18 Å². The molecule has 2 heterocycles. The van der Waals surface area contributed by atoms with Crippen molar-refractivity contribution in [2.24, 2.45) is 0 Å². The van der Waals surface area contributed by atoms with Crippen molar-refractivity contribution >= 4 is 5.65 Å². The maximum atomic E-state index is 12.7. The molecule has 0 spiro atoms. The van der Waals surface area contributed by atoms with Crippen molar-refractivity contribution in [3.63, 3.8) is 0 Å². The molecule has 3 rings (SSSR count). The number of alkyl halides is 3. The maximum absolute atomic E-state index is 12.7. The molecule has 0 aliphatic carbocycles. The van der Waals surface area contributed by atoms with Crippen molar-refractivity contribution in [1.82, 2.24) is 14.6 Å². The van der Waals surface area contributed by atoms with Gasteiger partial charge in [0, 0.05) is 11.8 Å². The SMILES string of the molecule is Oc1cccn2c(-c3cccc(C(F)(F)F)c3)nnc12. The van der Waals surface area contributed by atoms with E-state index < -0.39 is 11.7 Å². The number of hydrogen-bond acceptors (Lipinski definition) is 3. The van der Waals surface area contributed by atoms with Gasteiger partial charge in [0.05, 0.1) is 5.56 Å². The van der Waals surface area contributed by atoms with Crippen molar-refractivity contribution in [3.8, 4) is 17.1 Å². The van der Waals surface area contributed by atoms with Crippen LogP contribution in [0.5, 0.6) is 5.75 Å². The fraction of sp³-hybridized carbons (Fsp3) is 0.0769. The van der Waals surface area contributed by atoms with Crippen molar-refractivity contribution in [1.29, 1.82) is 0 Å². The highest BCUT2D eigenvalue weighted by Crippen LogP contribution is 2.32. The zero-order valence-corrected chi connectivity index (χ0v) is 9.96. The number of rotatable bonds is 1. The van der Waals surface area contributed by atoms with Crippen LogP contribution in [-0.4, -0.2) is 19.7 Å². The van der Waals surface area contributed by atoms with Crippen LogP contribution in [0.3, 0.4) is 0 Å². The van der Waals surface area contributed by atoms with Gasteiger partial charge in [-0.15, -0.1) is 10.2 Å². The maximum Gasteiger partial charge on any atom is 0.416 e. The number of benzene rings is 1.